The van der Waals surface area contributed by atoms with Crippen LogP contribution in [-0.4, -0.2) is 16.7 Å². The van der Waals surface area contributed by atoms with E-state index in [1.807, 2.05) is 74.5 Å². The molecule has 1 aliphatic rings. The largest absolute Gasteiger partial charge is 0.489 e. The lowest BCUT2D eigenvalue weighted by Crippen LogP contribution is -2.29. The van der Waals surface area contributed by atoms with Crippen molar-refractivity contribution in [3.63, 3.8) is 0 Å². The number of rotatable bonds is 6. The number of thiazole rings is 1. The summed E-state index contributed by atoms with van der Waals surface area (Å²) in [6.07, 6.45) is 0. The second-order valence-electron chi connectivity index (χ2n) is 10.00. The maximum absolute atomic E-state index is 14.0. The van der Waals surface area contributed by atoms with Gasteiger partial charge < -0.3 is 9.15 Å². The van der Waals surface area contributed by atoms with Gasteiger partial charge in [-0.05, 0) is 67.3 Å². The Morgan fingerprint density at radius 3 is 2.48 bits per heavy atom. The molecule has 0 bridgehead atoms. The van der Waals surface area contributed by atoms with Gasteiger partial charge in [-0.3, -0.25) is 19.3 Å². The van der Waals surface area contributed by atoms with Crippen LogP contribution in [0.5, 0.6) is 5.75 Å². The zero-order chi connectivity index (χ0) is 28.1. The molecule has 1 amide bonds. The molecule has 0 N–H and O–H groups in total. The first-order valence-corrected chi connectivity index (χ1v) is 13.7. The zero-order valence-corrected chi connectivity index (χ0v) is 23.3. The van der Waals surface area contributed by atoms with Gasteiger partial charge in [-0.15, -0.1) is 0 Å². The third kappa shape index (κ3) is 4.30. The average molecular weight is 551 g/mol. The first-order chi connectivity index (χ1) is 19.2. The van der Waals surface area contributed by atoms with Gasteiger partial charge in [-0.25, -0.2) is 4.98 Å². The fourth-order valence-corrected chi connectivity index (χ4v) is 6.06. The molecule has 7 nitrogen and oxygen atoms in total. The van der Waals surface area contributed by atoms with Gasteiger partial charge in [0.05, 0.1) is 27.6 Å². The van der Waals surface area contributed by atoms with E-state index in [0.717, 1.165) is 28.0 Å². The minimum Gasteiger partial charge on any atom is -0.489 e. The van der Waals surface area contributed by atoms with Crippen LogP contribution >= 0.6 is 11.3 Å². The van der Waals surface area contributed by atoms with E-state index in [2.05, 4.69) is 4.98 Å². The summed E-state index contributed by atoms with van der Waals surface area (Å²) in [6.45, 7) is 7.44. The van der Waals surface area contributed by atoms with Crippen molar-refractivity contribution >= 4 is 39.1 Å². The molecule has 1 aliphatic heterocycles. The fourth-order valence-electron chi connectivity index (χ4n) is 5.07. The Balaban J connectivity index is 1.52. The number of anilines is 1. The van der Waals surface area contributed by atoms with Crippen molar-refractivity contribution in [3.05, 3.63) is 121 Å². The van der Waals surface area contributed by atoms with E-state index in [9.17, 15) is 14.4 Å². The number of ether oxygens (including phenoxy) is 1. The van der Waals surface area contributed by atoms with E-state index >= 15 is 0 Å². The van der Waals surface area contributed by atoms with Crippen molar-refractivity contribution in [2.24, 2.45) is 0 Å². The highest BCUT2D eigenvalue weighted by Crippen LogP contribution is 2.44. The summed E-state index contributed by atoms with van der Waals surface area (Å²) >= 11 is 1.13. The number of carbonyl (C=O) groups excluding carboxylic acids is 2. The third-order valence-electron chi connectivity index (χ3n) is 7.22. The Kier molecular flexibility index (Phi) is 6.35. The molecule has 6 rings (SSSR count). The average Bonchev–Trinajstić information content (AvgIpc) is 3.47. The van der Waals surface area contributed by atoms with E-state index in [-0.39, 0.29) is 22.5 Å². The van der Waals surface area contributed by atoms with Crippen molar-refractivity contribution < 1.29 is 18.7 Å². The van der Waals surface area contributed by atoms with Crippen molar-refractivity contribution in [2.45, 2.75) is 40.3 Å². The molecule has 3 aromatic carbocycles. The molecule has 3 heterocycles. The number of hydrogen-bond acceptors (Lipinski definition) is 7. The number of amides is 1. The van der Waals surface area contributed by atoms with Gasteiger partial charge in [0.1, 0.15) is 17.9 Å². The molecule has 0 saturated heterocycles. The van der Waals surface area contributed by atoms with E-state index in [1.165, 1.54) is 11.8 Å². The van der Waals surface area contributed by atoms with Crippen LogP contribution in [0.1, 0.15) is 66.7 Å². The summed E-state index contributed by atoms with van der Waals surface area (Å²) in [4.78, 5) is 46.7. The van der Waals surface area contributed by atoms with Gasteiger partial charge in [-0.1, -0.05) is 53.8 Å². The van der Waals surface area contributed by atoms with Crippen LogP contribution in [0, 0.1) is 20.8 Å². The predicted molar refractivity (Wildman–Crippen MR) is 155 cm³/mol. The molecule has 2 aromatic heterocycles. The molecule has 200 valence electrons. The molecule has 0 aliphatic carbocycles. The van der Waals surface area contributed by atoms with Crippen molar-refractivity contribution in [1.29, 1.82) is 0 Å². The van der Waals surface area contributed by atoms with Crippen LogP contribution in [0.4, 0.5) is 5.13 Å². The number of ketones is 1. The number of carbonyl (C=O) groups is 2. The molecule has 5 aromatic rings. The molecular weight excluding hydrogens is 524 g/mol. The van der Waals surface area contributed by atoms with Gasteiger partial charge in [-0.2, -0.15) is 0 Å². The van der Waals surface area contributed by atoms with Crippen LogP contribution in [0.15, 0.2) is 75.9 Å². The number of fused-ring (bicyclic) bond motifs is 2. The molecule has 0 spiro atoms. The van der Waals surface area contributed by atoms with Crippen LogP contribution < -0.4 is 15.1 Å². The number of aromatic nitrogens is 1. The highest BCUT2D eigenvalue weighted by molar-refractivity contribution is 7.17. The summed E-state index contributed by atoms with van der Waals surface area (Å²) in [6, 6.07) is 20.0. The van der Waals surface area contributed by atoms with Gasteiger partial charge in [0.25, 0.3) is 5.91 Å². The maximum Gasteiger partial charge on any atom is 0.297 e. The van der Waals surface area contributed by atoms with E-state index in [4.69, 9.17) is 9.15 Å². The highest BCUT2D eigenvalue weighted by Gasteiger charge is 2.45. The molecule has 0 radical (unpaired) electrons. The minimum absolute atomic E-state index is 0.0152. The first kappa shape index (κ1) is 25.7. The molecule has 1 atom stereocenters. The molecule has 0 saturated carbocycles. The Labute approximate surface area is 234 Å². The van der Waals surface area contributed by atoms with Gasteiger partial charge in [0.2, 0.25) is 5.76 Å². The zero-order valence-electron chi connectivity index (χ0n) is 22.5. The monoisotopic (exact) mass is 550 g/mol. The summed E-state index contributed by atoms with van der Waals surface area (Å²) in [5.41, 5.74) is 4.48. The van der Waals surface area contributed by atoms with Crippen LogP contribution in [0.25, 0.3) is 11.0 Å². The van der Waals surface area contributed by atoms with E-state index < -0.39 is 11.9 Å². The van der Waals surface area contributed by atoms with Crippen LogP contribution in [-0.2, 0) is 6.61 Å². The maximum atomic E-state index is 14.0. The van der Waals surface area contributed by atoms with Crippen molar-refractivity contribution in [2.75, 3.05) is 4.90 Å². The lowest BCUT2D eigenvalue weighted by atomic mass is 9.97. The van der Waals surface area contributed by atoms with Crippen molar-refractivity contribution in [1.82, 2.24) is 4.98 Å². The SMILES string of the molecule is CC(=O)c1sc(N2C(=O)c3oc4cc(C)c(C)cc4c(=O)c3C2c2cccc(OCc3ccccc3)c2)nc1C. The van der Waals surface area contributed by atoms with Gasteiger partial charge in [0, 0.05) is 6.92 Å². The Morgan fingerprint density at radius 1 is 1.00 bits per heavy atom. The Hall–Kier alpha value is -4.56. The molecule has 8 heteroatoms. The summed E-state index contributed by atoms with van der Waals surface area (Å²) in [5, 5.41) is 0.744. The van der Waals surface area contributed by atoms with Crippen LogP contribution in [0.3, 0.4) is 0 Å². The topological polar surface area (TPSA) is 89.7 Å². The number of hydrogen-bond donors (Lipinski definition) is 0. The van der Waals surface area contributed by atoms with Crippen molar-refractivity contribution in [3.8, 4) is 5.75 Å². The van der Waals surface area contributed by atoms with Gasteiger partial charge >= 0.3 is 0 Å². The predicted octanol–water partition coefficient (Wildman–Crippen LogP) is 6.71. The minimum atomic E-state index is -0.810. The number of Topliss-reactive ketones (excluding diaryl/α,β-unsaturated/α-hetero) is 1. The lowest BCUT2D eigenvalue weighted by Gasteiger charge is -2.23. The molecule has 40 heavy (non-hydrogen) atoms. The molecule has 0 fully saturated rings. The second-order valence-corrected chi connectivity index (χ2v) is 11.0. The number of aryl methyl sites for hydroxylation is 3. The van der Waals surface area contributed by atoms with E-state index in [0.29, 0.717) is 44.6 Å². The number of benzene rings is 3. The second kappa shape index (κ2) is 9.88. The standard InChI is InChI=1S/C32H26N2O5S/c1-17-13-24-25(14-18(17)2)39-29-26(28(24)36)27(34(31(29)37)32-33-19(3)30(40-32)20(4)35)22-11-8-12-23(15-22)38-16-21-9-6-5-7-10-21/h5-15,27H,16H2,1-4H3. The Bertz CT molecular complexity index is 1870. The fraction of sp³-hybridized carbons (Fsp3) is 0.188. The number of nitrogens with zero attached hydrogens (tertiary/aromatic N) is 2. The van der Waals surface area contributed by atoms with E-state index in [1.54, 1.807) is 13.0 Å². The highest BCUT2D eigenvalue weighted by atomic mass is 32.1. The quantitative estimate of drug-likeness (QED) is 0.218. The third-order valence-corrected chi connectivity index (χ3v) is 8.48. The van der Waals surface area contributed by atoms with Gasteiger partial charge in [0.15, 0.2) is 16.3 Å². The smallest absolute Gasteiger partial charge is 0.297 e. The summed E-state index contributed by atoms with van der Waals surface area (Å²) < 4.78 is 12.2. The Morgan fingerprint density at radius 2 is 1.75 bits per heavy atom. The normalized spacial score (nSPS) is 14.6. The summed E-state index contributed by atoms with van der Waals surface area (Å²) in [7, 11) is 0. The lowest BCUT2D eigenvalue weighted by molar-refractivity contribution is 0.0969. The van der Waals surface area contributed by atoms with Crippen LogP contribution in [0.2, 0.25) is 0 Å². The molecule has 1 unspecified atom stereocenters. The molecular formula is C32H26N2O5S. The summed E-state index contributed by atoms with van der Waals surface area (Å²) in [5.74, 6) is -0.0296. The first-order valence-electron chi connectivity index (χ1n) is 12.9.